The molecule has 0 saturated carbocycles. The van der Waals surface area contributed by atoms with Gasteiger partial charge in [-0.25, -0.2) is 0 Å². The smallest absolute Gasteiger partial charge is 0.259 e. The third-order valence-corrected chi connectivity index (χ3v) is 4.05. The third-order valence-electron chi connectivity index (χ3n) is 3.42. The van der Waals surface area contributed by atoms with Gasteiger partial charge in [-0.15, -0.1) is 0 Å². The highest BCUT2D eigenvalue weighted by Crippen LogP contribution is 2.28. The fraction of sp³-hybridized carbons (Fsp3) is 0.188. The van der Waals surface area contributed by atoms with Crippen LogP contribution in [0.2, 0.25) is 10.0 Å². The zero-order chi connectivity index (χ0) is 15.7. The molecular weight excluding hydrogens is 321 g/mol. The predicted octanol–water partition coefficient (Wildman–Crippen LogP) is 3.60. The van der Waals surface area contributed by atoms with Gasteiger partial charge < -0.3 is 0 Å². The Morgan fingerprint density at radius 1 is 1.23 bits per heavy atom. The summed E-state index contributed by atoms with van der Waals surface area (Å²) in [4.78, 5) is 22.9. The lowest BCUT2D eigenvalue weighted by Crippen LogP contribution is -2.35. The number of amidine groups is 1. The molecule has 0 bridgehead atoms. The fourth-order valence-electron chi connectivity index (χ4n) is 2.40. The maximum absolute atomic E-state index is 12.7. The molecule has 1 aromatic carbocycles. The molecule has 1 aliphatic rings. The Morgan fingerprint density at radius 2 is 1.95 bits per heavy atom. The van der Waals surface area contributed by atoms with Crippen LogP contribution in [-0.2, 0) is 0 Å². The summed E-state index contributed by atoms with van der Waals surface area (Å²) in [6.45, 7) is 2.89. The maximum Gasteiger partial charge on any atom is 0.259 e. The van der Waals surface area contributed by atoms with Gasteiger partial charge >= 0.3 is 0 Å². The average molecular weight is 334 g/mol. The van der Waals surface area contributed by atoms with E-state index in [0.717, 1.165) is 5.69 Å². The topological polar surface area (TPSA) is 45.6 Å². The number of benzene rings is 1. The second kappa shape index (κ2) is 6.07. The van der Waals surface area contributed by atoms with Crippen LogP contribution in [0.15, 0.2) is 41.5 Å². The van der Waals surface area contributed by atoms with Crippen LogP contribution in [-0.4, -0.2) is 34.7 Å². The molecule has 0 aliphatic carbocycles. The highest BCUT2D eigenvalue weighted by molar-refractivity contribution is 6.40. The van der Waals surface area contributed by atoms with Gasteiger partial charge in [0.2, 0.25) is 0 Å². The monoisotopic (exact) mass is 333 g/mol. The fourth-order valence-corrected chi connectivity index (χ4v) is 2.97. The molecule has 0 saturated heterocycles. The lowest BCUT2D eigenvalue weighted by molar-refractivity contribution is 0.0858. The maximum atomic E-state index is 12.7. The number of aliphatic imine (C=N–C) groups is 1. The van der Waals surface area contributed by atoms with Gasteiger partial charge in [0.15, 0.2) is 0 Å². The molecule has 1 amide bonds. The van der Waals surface area contributed by atoms with Gasteiger partial charge in [-0.05, 0) is 31.2 Å². The first-order valence-corrected chi connectivity index (χ1v) is 7.57. The van der Waals surface area contributed by atoms with Crippen LogP contribution in [0.1, 0.15) is 21.6 Å². The van der Waals surface area contributed by atoms with Crippen molar-refractivity contribution < 1.29 is 4.79 Å². The number of pyridine rings is 1. The first-order chi connectivity index (χ1) is 10.6. The molecule has 4 nitrogen and oxygen atoms in total. The van der Waals surface area contributed by atoms with Gasteiger partial charge in [-0.1, -0.05) is 29.3 Å². The molecular formula is C16H13Cl2N3O. The molecule has 1 aromatic heterocycles. The average Bonchev–Trinajstić information content (AvgIpc) is 2.95. The number of hydrogen-bond donors (Lipinski definition) is 0. The number of aryl methyl sites for hydroxylation is 1. The predicted molar refractivity (Wildman–Crippen MR) is 87.9 cm³/mol. The molecule has 0 spiro atoms. The minimum atomic E-state index is -0.127. The number of aromatic nitrogens is 1. The SMILES string of the molecule is Cc1cc(C(=O)N2CCN=C2c2c(Cl)cccc2Cl)ccn1. The van der Waals surface area contributed by atoms with Gasteiger partial charge in [-0.3, -0.25) is 19.7 Å². The van der Waals surface area contributed by atoms with E-state index in [0.29, 0.717) is 40.1 Å². The number of carbonyl (C=O) groups is 1. The van der Waals surface area contributed by atoms with E-state index in [9.17, 15) is 4.79 Å². The van der Waals surface area contributed by atoms with Crippen molar-refractivity contribution >= 4 is 34.9 Å². The Kier molecular flexibility index (Phi) is 4.14. The molecule has 22 heavy (non-hydrogen) atoms. The van der Waals surface area contributed by atoms with Gasteiger partial charge in [0.25, 0.3) is 5.91 Å². The molecule has 0 N–H and O–H groups in total. The lowest BCUT2D eigenvalue weighted by atomic mass is 10.1. The quantitative estimate of drug-likeness (QED) is 0.842. The Balaban J connectivity index is 1.99. The van der Waals surface area contributed by atoms with Crippen molar-refractivity contribution in [3.05, 3.63) is 63.4 Å². The largest absolute Gasteiger partial charge is 0.291 e. The summed E-state index contributed by atoms with van der Waals surface area (Å²) in [6, 6.07) is 8.69. The molecule has 2 heterocycles. The second-order valence-corrected chi connectivity index (χ2v) is 5.76. The van der Waals surface area contributed by atoms with Crippen LogP contribution in [0.4, 0.5) is 0 Å². The molecule has 0 unspecified atom stereocenters. The first-order valence-electron chi connectivity index (χ1n) is 6.81. The van der Waals surface area contributed by atoms with E-state index >= 15 is 0 Å². The van der Waals surface area contributed by atoms with E-state index in [-0.39, 0.29) is 5.91 Å². The van der Waals surface area contributed by atoms with Crippen LogP contribution in [0.25, 0.3) is 0 Å². The van der Waals surface area contributed by atoms with Gasteiger partial charge in [0.1, 0.15) is 5.84 Å². The Labute approximate surface area is 138 Å². The van der Waals surface area contributed by atoms with Crippen molar-refractivity contribution in [3.63, 3.8) is 0 Å². The van der Waals surface area contributed by atoms with E-state index in [2.05, 4.69) is 9.98 Å². The molecule has 0 atom stereocenters. The second-order valence-electron chi connectivity index (χ2n) is 4.94. The molecule has 0 fully saturated rings. The van der Waals surface area contributed by atoms with E-state index in [1.165, 1.54) is 0 Å². The summed E-state index contributed by atoms with van der Waals surface area (Å²) in [7, 11) is 0. The minimum absolute atomic E-state index is 0.127. The Bertz CT molecular complexity index is 753. The summed E-state index contributed by atoms with van der Waals surface area (Å²) < 4.78 is 0. The molecule has 6 heteroatoms. The van der Waals surface area contributed by atoms with Crippen LogP contribution >= 0.6 is 23.2 Å². The van der Waals surface area contributed by atoms with Crippen LogP contribution in [0, 0.1) is 6.92 Å². The van der Waals surface area contributed by atoms with Crippen LogP contribution in [0.3, 0.4) is 0 Å². The molecule has 112 valence electrons. The van der Waals surface area contributed by atoms with Gasteiger partial charge in [-0.2, -0.15) is 0 Å². The number of amides is 1. The molecule has 3 rings (SSSR count). The van der Waals surface area contributed by atoms with Crippen molar-refractivity contribution in [2.24, 2.45) is 4.99 Å². The van der Waals surface area contributed by atoms with Crippen molar-refractivity contribution in [1.82, 2.24) is 9.88 Å². The van der Waals surface area contributed by atoms with Crippen molar-refractivity contribution in [2.45, 2.75) is 6.92 Å². The summed E-state index contributed by atoms with van der Waals surface area (Å²) >= 11 is 12.5. The number of carbonyl (C=O) groups excluding carboxylic acids is 1. The normalized spacial score (nSPS) is 14.1. The number of rotatable bonds is 2. The van der Waals surface area contributed by atoms with E-state index in [4.69, 9.17) is 23.2 Å². The summed E-state index contributed by atoms with van der Waals surface area (Å²) in [6.07, 6.45) is 1.62. The minimum Gasteiger partial charge on any atom is -0.291 e. The Hall–Kier alpha value is -1.91. The van der Waals surface area contributed by atoms with Crippen molar-refractivity contribution in [1.29, 1.82) is 0 Å². The van der Waals surface area contributed by atoms with E-state index in [1.807, 2.05) is 6.92 Å². The molecule has 0 radical (unpaired) electrons. The van der Waals surface area contributed by atoms with Gasteiger partial charge in [0, 0.05) is 24.0 Å². The standard InChI is InChI=1S/C16H13Cl2N3O/c1-10-9-11(5-6-19-10)16(22)21-8-7-20-15(21)14-12(17)3-2-4-13(14)18/h2-6,9H,7-8H2,1H3. The van der Waals surface area contributed by atoms with E-state index in [1.54, 1.807) is 41.4 Å². The number of hydrogen-bond acceptors (Lipinski definition) is 3. The van der Waals surface area contributed by atoms with Crippen molar-refractivity contribution in [3.8, 4) is 0 Å². The molecule has 1 aliphatic heterocycles. The summed E-state index contributed by atoms with van der Waals surface area (Å²) in [5.74, 6) is 0.396. The van der Waals surface area contributed by atoms with E-state index < -0.39 is 0 Å². The number of halogens is 2. The highest BCUT2D eigenvalue weighted by atomic mass is 35.5. The number of nitrogens with zero attached hydrogens (tertiary/aromatic N) is 3. The van der Waals surface area contributed by atoms with Crippen LogP contribution in [0.5, 0.6) is 0 Å². The zero-order valence-electron chi connectivity index (χ0n) is 11.9. The third kappa shape index (κ3) is 2.72. The summed E-state index contributed by atoms with van der Waals surface area (Å²) in [5.41, 5.74) is 1.96. The zero-order valence-corrected chi connectivity index (χ0v) is 13.4. The highest BCUT2D eigenvalue weighted by Gasteiger charge is 2.28. The Morgan fingerprint density at radius 3 is 2.64 bits per heavy atom. The first kappa shape index (κ1) is 15.0. The summed E-state index contributed by atoms with van der Waals surface area (Å²) in [5, 5.41) is 0.966. The van der Waals surface area contributed by atoms with Gasteiger partial charge in [0.05, 0.1) is 22.2 Å². The molecule has 2 aromatic rings. The van der Waals surface area contributed by atoms with Crippen LogP contribution < -0.4 is 0 Å². The van der Waals surface area contributed by atoms with Crippen molar-refractivity contribution in [2.75, 3.05) is 13.1 Å². The lowest BCUT2D eigenvalue weighted by Gasteiger charge is -2.20.